The van der Waals surface area contributed by atoms with Crippen molar-refractivity contribution in [3.8, 4) is 6.07 Å². The van der Waals surface area contributed by atoms with Crippen LogP contribution in [-0.2, 0) is 11.2 Å². The van der Waals surface area contributed by atoms with E-state index >= 15 is 0 Å². The normalized spacial score (nSPS) is 16.7. The standard InChI is InChI=1S/C17H13NO3S/c18-8-9-21-17(20)14-10-22-16-13(14)7-6-12(15(16)19)11-4-2-1-3-5-11/h1-5,10,12H,6-7,9H2. The van der Waals surface area contributed by atoms with Crippen LogP contribution in [0.15, 0.2) is 35.7 Å². The summed E-state index contributed by atoms with van der Waals surface area (Å²) < 4.78 is 4.84. The highest BCUT2D eigenvalue weighted by molar-refractivity contribution is 7.12. The van der Waals surface area contributed by atoms with Crippen LogP contribution in [0.4, 0.5) is 0 Å². The Morgan fingerprint density at radius 1 is 1.36 bits per heavy atom. The Bertz CT molecular complexity index is 758. The van der Waals surface area contributed by atoms with E-state index in [2.05, 4.69) is 0 Å². The molecule has 0 saturated heterocycles. The van der Waals surface area contributed by atoms with Crippen molar-refractivity contribution >= 4 is 23.1 Å². The fraction of sp³-hybridized carbons (Fsp3) is 0.235. The number of hydrogen-bond acceptors (Lipinski definition) is 5. The van der Waals surface area contributed by atoms with Crippen LogP contribution in [-0.4, -0.2) is 18.4 Å². The average molecular weight is 311 g/mol. The summed E-state index contributed by atoms with van der Waals surface area (Å²) in [5, 5.41) is 10.1. The van der Waals surface area contributed by atoms with Crippen molar-refractivity contribution in [1.29, 1.82) is 5.26 Å². The minimum absolute atomic E-state index is 0.0665. The number of rotatable bonds is 3. The number of ketones is 1. The average Bonchev–Trinajstić information content (AvgIpc) is 2.99. The third-order valence-corrected chi connectivity index (χ3v) is 4.84. The number of carbonyl (C=O) groups excluding carboxylic acids is 2. The molecular formula is C17H13NO3S. The second-order valence-electron chi connectivity index (χ2n) is 5.06. The molecule has 2 aromatic rings. The van der Waals surface area contributed by atoms with Gasteiger partial charge < -0.3 is 4.74 Å². The van der Waals surface area contributed by atoms with E-state index in [0.717, 1.165) is 11.1 Å². The lowest BCUT2D eigenvalue weighted by Crippen LogP contribution is -2.20. The number of thiophene rings is 1. The monoisotopic (exact) mass is 311 g/mol. The molecule has 0 spiro atoms. The Labute approximate surface area is 132 Å². The minimum atomic E-state index is -0.523. The van der Waals surface area contributed by atoms with Crippen LogP contribution in [0, 0.1) is 11.3 Å². The molecule has 1 aromatic carbocycles. The van der Waals surface area contributed by atoms with Crippen molar-refractivity contribution in [3.05, 3.63) is 57.3 Å². The van der Waals surface area contributed by atoms with Crippen molar-refractivity contribution in [2.24, 2.45) is 0 Å². The number of carbonyl (C=O) groups is 2. The number of esters is 1. The molecule has 1 heterocycles. The van der Waals surface area contributed by atoms with Crippen molar-refractivity contribution in [3.63, 3.8) is 0 Å². The third kappa shape index (κ3) is 2.53. The summed E-state index contributed by atoms with van der Waals surface area (Å²) in [6.07, 6.45) is 1.35. The van der Waals surface area contributed by atoms with Crippen molar-refractivity contribution in [1.82, 2.24) is 0 Å². The van der Waals surface area contributed by atoms with Crippen molar-refractivity contribution in [2.75, 3.05) is 6.61 Å². The van der Waals surface area contributed by atoms with Gasteiger partial charge in [-0.1, -0.05) is 30.3 Å². The van der Waals surface area contributed by atoms with Crippen molar-refractivity contribution < 1.29 is 14.3 Å². The van der Waals surface area contributed by atoms with Gasteiger partial charge in [-0.15, -0.1) is 11.3 Å². The van der Waals surface area contributed by atoms with Gasteiger partial charge in [-0.2, -0.15) is 5.26 Å². The molecular weight excluding hydrogens is 298 g/mol. The van der Waals surface area contributed by atoms with Gasteiger partial charge in [0.25, 0.3) is 0 Å². The van der Waals surface area contributed by atoms with E-state index in [1.54, 1.807) is 11.4 Å². The topological polar surface area (TPSA) is 67.2 Å². The molecule has 0 fully saturated rings. The minimum Gasteiger partial charge on any atom is -0.447 e. The molecule has 1 aliphatic rings. The maximum absolute atomic E-state index is 12.7. The number of nitrogens with zero attached hydrogens (tertiary/aromatic N) is 1. The molecule has 0 amide bonds. The van der Waals surface area contributed by atoms with E-state index in [1.165, 1.54) is 11.3 Å². The molecule has 0 N–H and O–H groups in total. The molecule has 3 rings (SSSR count). The molecule has 110 valence electrons. The number of Topliss-reactive ketones (excluding diaryl/α,β-unsaturated/α-hetero) is 1. The van der Waals surface area contributed by atoms with Crippen LogP contribution in [0.3, 0.4) is 0 Å². The first-order valence-corrected chi connectivity index (χ1v) is 7.84. The number of nitriles is 1. The van der Waals surface area contributed by atoms with Gasteiger partial charge in [-0.25, -0.2) is 4.79 Å². The first-order valence-electron chi connectivity index (χ1n) is 6.96. The fourth-order valence-electron chi connectivity index (χ4n) is 2.77. The van der Waals surface area contributed by atoms with Gasteiger partial charge in [-0.05, 0) is 24.0 Å². The van der Waals surface area contributed by atoms with Crippen molar-refractivity contribution in [2.45, 2.75) is 18.8 Å². The smallest absolute Gasteiger partial charge is 0.340 e. The third-order valence-electron chi connectivity index (χ3n) is 3.81. The maximum Gasteiger partial charge on any atom is 0.340 e. The second kappa shape index (κ2) is 6.12. The lowest BCUT2D eigenvalue weighted by atomic mass is 9.82. The Morgan fingerprint density at radius 2 is 2.14 bits per heavy atom. The highest BCUT2D eigenvalue weighted by Gasteiger charge is 2.33. The quantitative estimate of drug-likeness (QED) is 0.815. The van der Waals surface area contributed by atoms with Gasteiger partial charge in [0, 0.05) is 11.3 Å². The van der Waals surface area contributed by atoms with Crippen LogP contribution in [0.25, 0.3) is 0 Å². The zero-order valence-corrected chi connectivity index (χ0v) is 12.6. The fourth-order valence-corrected chi connectivity index (χ4v) is 3.85. The number of benzene rings is 1. The van der Waals surface area contributed by atoms with Crippen LogP contribution in [0.2, 0.25) is 0 Å². The van der Waals surface area contributed by atoms with E-state index in [0.29, 0.717) is 23.3 Å². The van der Waals surface area contributed by atoms with Crippen LogP contribution < -0.4 is 0 Å². The molecule has 0 radical (unpaired) electrons. The summed E-state index contributed by atoms with van der Waals surface area (Å²) in [7, 11) is 0. The summed E-state index contributed by atoms with van der Waals surface area (Å²) >= 11 is 1.29. The zero-order chi connectivity index (χ0) is 15.5. The predicted octanol–water partition coefficient (Wildman–Crippen LogP) is 3.34. The van der Waals surface area contributed by atoms with Gasteiger partial charge in [0.15, 0.2) is 12.4 Å². The van der Waals surface area contributed by atoms with Gasteiger partial charge in [0.1, 0.15) is 6.07 Å². The maximum atomic E-state index is 12.7. The Balaban J connectivity index is 1.88. The number of ether oxygens (including phenoxy) is 1. The zero-order valence-electron chi connectivity index (χ0n) is 11.7. The largest absolute Gasteiger partial charge is 0.447 e. The molecule has 1 aromatic heterocycles. The highest BCUT2D eigenvalue weighted by Crippen LogP contribution is 2.37. The molecule has 1 unspecified atom stereocenters. The summed E-state index contributed by atoms with van der Waals surface area (Å²) in [4.78, 5) is 25.2. The second-order valence-corrected chi connectivity index (χ2v) is 5.94. The van der Waals surface area contributed by atoms with Crippen LogP contribution >= 0.6 is 11.3 Å². The molecule has 1 aliphatic carbocycles. The Hall–Kier alpha value is -2.45. The van der Waals surface area contributed by atoms with E-state index in [1.807, 2.05) is 30.3 Å². The molecule has 1 atom stereocenters. The predicted molar refractivity (Wildman–Crippen MR) is 82.0 cm³/mol. The summed E-state index contributed by atoms with van der Waals surface area (Å²) in [6, 6.07) is 11.5. The first-order chi connectivity index (χ1) is 10.7. The summed E-state index contributed by atoms with van der Waals surface area (Å²) in [6.45, 7) is -0.274. The molecule has 0 bridgehead atoms. The molecule has 22 heavy (non-hydrogen) atoms. The van der Waals surface area contributed by atoms with Gasteiger partial charge in [-0.3, -0.25) is 4.79 Å². The highest BCUT2D eigenvalue weighted by atomic mass is 32.1. The Kier molecular flexibility index (Phi) is 4.03. The van der Waals surface area contributed by atoms with E-state index in [4.69, 9.17) is 10.00 Å². The Morgan fingerprint density at radius 3 is 2.86 bits per heavy atom. The van der Waals surface area contributed by atoms with E-state index < -0.39 is 5.97 Å². The van der Waals surface area contributed by atoms with E-state index in [9.17, 15) is 9.59 Å². The lowest BCUT2D eigenvalue weighted by molar-refractivity contribution is 0.0554. The van der Waals surface area contributed by atoms with Crippen LogP contribution in [0.5, 0.6) is 0 Å². The molecule has 4 nitrogen and oxygen atoms in total. The molecule has 0 aliphatic heterocycles. The van der Waals surface area contributed by atoms with Gasteiger partial charge in [0.2, 0.25) is 0 Å². The molecule has 0 saturated carbocycles. The number of hydrogen-bond donors (Lipinski definition) is 0. The first kappa shape index (κ1) is 14.5. The van der Waals surface area contributed by atoms with Crippen LogP contribution in [0.1, 0.15) is 43.5 Å². The summed E-state index contributed by atoms with van der Waals surface area (Å²) in [5.74, 6) is -0.600. The lowest BCUT2D eigenvalue weighted by Gasteiger charge is -2.21. The SMILES string of the molecule is N#CCOC(=O)c1csc2c1CCC(c1ccccc1)C2=O. The van der Waals surface area contributed by atoms with Gasteiger partial charge >= 0.3 is 5.97 Å². The molecule has 5 heteroatoms. The van der Waals surface area contributed by atoms with Gasteiger partial charge in [0.05, 0.1) is 10.4 Å². The van der Waals surface area contributed by atoms with E-state index in [-0.39, 0.29) is 18.3 Å². The summed E-state index contributed by atoms with van der Waals surface area (Å²) in [5.41, 5.74) is 2.21. The number of fused-ring (bicyclic) bond motifs is 1.